The highest BCUT2D eigenvalue weighted by Gasteiger charge is 2.36. The summed E-state index contributed by atoms with van der Waals surface area (Å²) in [6, 6.07) is 54.5. The summed E-state index contributed by atoms with van der Waals surface area (Å²) in [6.07, 6.45) is 0. The average molecular weight is 578 g/mol. The van der Waals surface area contributed by atoms with Crippen molar-refractivity contribution in [2.45, 2.75) is 19.3 Å². The number of hydrogen-bond acceptors (Lipinski definition) is 2. The second-order valence-corrected chi connectivity index (χ2v) is 12.5. The molecule has 1 aliphatic rings. The van der Waals surface area contributed by atoms with Gasteiger partial charge in [-0.05, 0) is 86.6 Å². The van der Waals surface area contributed by atoms with Crippen LogP contribution in [0.5, 0.6) is 0 Å². The molecule has 0 spiro atoms. The Morgan fingerprint density at radius 1 is 0.467 bits per heavy atom. The first-order chi connectivity index (χ1) is 22.1. The molecule has 2 heteroatoms. The molecule has 8 aromatic rings. The van der Waals surface area contributed by atoms with Gasteiger partial charge in [-0.15, -0.1) is 0 Å². The third-order valence-corrected chi connectivity index (χ3v) is 9.65. The summed E-state index contributed by atoms with van der Waals surface area (Å²) in [5.41, 5.74) is 12.8. The fourth-order valence-corrected chi connectivity index (χ4v) is 7.54. The fourth-order valence-electron chi connectivity index (χ4n) is 7.54. The Labute approximate surface area is 262 Å². The van der Waals surface area contributed by atoms with Gasteiger partial charge in [0.1, 0.15) is 11.2 Å². The number of anilines is 3. The minimum absolute atomic E-state index is 0.0946. The minimum atomic E-state index is -0.0946. The summed E-state index contributed by atoms with van der Waals surface area (Å²) in [6.45, 7) is 4.68. The monoisotopic (exact) mass is 577 g/mol. The van der Waals surface area contributed by atoms with Crippen molar-refractivity contribution in [3.8, 4) is 22.3 Å². The molecule has 1 aromatic heterocycles. The second-order valence-electron chi connectivity index (χ2n) is 12.5. The van der Waals surface area contributed by atoms with Gasteiger partial charge < -0.3 is 9.32 Å². The number of rotatable bonds is 4. The molecule has 0 radical (unpaired) electrons. The van der Waals surface area contributed by atoms with Crippen LogP contribution in [0.2, 0.25) is 0 Å². The van der Waals surface area contributed by atoms with Gasteiger partial charge in [-0.2, -0.15) is 0 Å². The molecule has 0 N–H and O–H groups in total. The van der Waals surface area contributed by atoms with Crippen LogP contribution < -0.4 is 4.90 Å². The summed E-state index contributed by atoms with van der Waals surface area (Å²) >= 11 is 0. The van der Waals surface area contributed by atoms with Crippen molar-refractivity contribution in [1.29, 1.82) is 0 Å². The number of hydrogen-bond donors (Lipinski definition) is 0. The Morgan fingerprint density at radius 3 is 1.98 bits per heavy atom. The van der Waals surface area contributed by atoms with Gasteiger partial charge in [-0.25, -0.2) is 0 Å². The van der Waals surface area contributed by atoms with Crippen LogP contribution in [0.15, 0.2) is 156 Å². The van der Waals surface area contributed by atoms with Crippen LogP contribution in [-0.2, 0) is 5.41 Å². The molecule has 0 atom stereocenters. The normalized spacial score (nSPS) is 13.3. The molecule has 45 heavy (non-hydrogen) atoms. The quantitative estimate of drug-likeness (QED) is 0.207. The predicted octanol–water partition coefficient (Wildman–Crippen LogP) is 12.2. The summed E-state index contributed by atoms with van der Waals surface area (Å²) in [7, 11) is 0. The molecule has 0 saturated heterocycles. The van der Waals surface area contributed by atoms with Gasteiger partial charge in [0.2, 0.25) is 0 Å². The van der Waals surface area contributed by atoms with Crippen molar-refractivity contribution in [3.05, 3.63) is 163 Å². The predicted molar refractivity (Wildman–Crippen MR) is 189 cm³/mol. The van der Waals surface area contributed by atoms with E-state index in [-0.39, 0.29) is 5.41 Å². The van der Waals surface area contributed by atoms with E-state index >= 15 is 0 Å². The molecule has 1 aliphatic carbocycles. The standard InChI is InChI=1S/C43H31NO/c1-43(2)36-21-12-11-19-32(36)33-25-24-30(26-37(33)43)44(29-16-7-4-8-17-29)38-22-13-23-39-42(38)41-34-20-10-9-18-31(34)35(27-40(41)45-39)28-14-5-3-6-15-28/h3-27H,1-2H3. The molecular weight excluding hydrogens is 546 g/mol. The molecule has 0 amide bonds. The van der Waals surface area contributed by atoms with Crippen LogP contribution in [0.3, 0.4) is 0 Å². The first-order valence-electron chi connectivity index (χ1n) is 15.6. The molecule has 1 heterocycles. The highest BCUT2D eigenvalue weighted by Crippen LogP contribution is 2.52. The second kappa shape index (κ2) is 9.70. The zero-order valence-electron chi connectivity index (χ0n) is 25.3. The van der Waals surface area contributed by atoms with Gasteiger partial charge in [0.05, 0.1) is 11.1 Å². The van der Waals surface area contributed by atoms with E-state index in [2.05, 4.69) is 170 Å². The van der Waals surface area contributed by atoms with Crippen molar-refractivity contribution >= 4 is 49.8 Å². The van der Waals surface area contributed by atoms with Gasteiger partial charge in [-0.3, -0.25) is 0 Å². The first kappa shape index (κ1) is 25.9. The number of benzene rings is 7. The van der Waals surface area contributed by atoms with Crippen LogP contribution >= 0.6 is 0 Å². The third kappa shape index (κ3) is 3.82. The fraction of sp³-hybridized carbons (Fsp3) is 0.0698. The van der Waals surface area contributed by atoms with Crippen molar-refractivity contribution in [3.63, 3.8) is 0 Å². The number of para-hydroxylation sites is 1. The van der Waals surface area contributed by atoms with Crippen molar-refractivity contribution in [2.75, 3.05) is 4.90 Å². The Bertz CT molecular complexity index is 2400. The lowest BCUT2D eigenvalue weighted by Gasteiger charge is -2.28. The highest BCUT2D eigenvalue weighted by atomic mass is 16.3. The van der Waals surface area contributed by atoms with E-state index in [4.69, 9.17) is 4.42 Å². The maximum atomic E-state index is 6.71. The van der Waals surface area contributed by atoms with E-state index in [1.54, 1.807) is 0 Å². The number of furan rings is 1. The Hall–Kier alpha value is -5.60. The van der Waals surface area contributed by atoms with Gasteiger partial charge in [-0.1, -0.05) is 123 Å². The average Bonchev–Trinajstić information content (AvgIpc) is 3.58. The molecule has 2 nitrogen and oxygen atoms in total. The Morgan fingerprint density at radius 2 is 1.16 bits per heavy atom. The molecule has 9 rings (SSSR count). The number of nitrogens with zero attached hydrogens (tertiary/aromatic N) is 1. The Balaban J connectivity index is 1.33. The Kier molecular flexibility index (Phi) is 5.58. The molecule has 7 aromatic carbocycles. The van der Waals surface area contributed by atoms with Crippen molar-refractivity contribution in [1.82, 2.24) is 0 Å². The number of fused-ring (bicyclic) bond motifs is 8. The summed E-state index contributed by atoms with van der Waals surface area (Å²) in [4.78, 5) is 2.40. The van der Waals surface area contributed by atoms with Gasteiger partial charge >= 0.3 is 0 Å². The largest absolute Gasteiger partial charge is 0.456 e. The zero-order chi connectivity index (χ0) is 30.1. The van der Waals surface area contributed by atoms with Crippen LogP contribution in [0.25, 0.3) is 55.0 Å². The topological polar surface area (TPSA) is 16.4 Å². The van der Waals surface area contributed by atoms with Gasteiger partial charge in [0, 0.05) is 22.2 Å². The maximum Gasteiger partial charge on any atom is 0.137 e. The van der Waals surface area contributed by atoms with Gasteiger partial charge in [0.15, 0.2) is 0 Å². The summed E-state index contributed by atoms with van der Waals surface area (Å²) in [5, 5.41) is 4.68. The minimum Gasteiger partial charge on any atom is -0.456 e. The third-order valence-electron chi connectivity index (χ3n) is 9.65. The lowest BCUT2D eigenvalue weighted by Crippen LogP contribution is -2.16. The van der Waals surface area contributed by atoms with Gasteiger partial charge in [0.25, 0.3) is 0 Å². The van der Waals surface area contributed by atoms with Crippen molar-refractivity contribution in [2.24, 2.45) is 0 Å². The van der Waals surface area contributed by atoms with E-state index < -0.39 is 0 Å². The van der Waals surface area contributed by atoms with Crippen LogP contribution in [0, 0.1) is 0 Å². The summed E-state index contributed by atoms with van der Waals surface area (Å²) in [5.74, 6) is 0. The molecule has 0 unspecified atom stereocenters. The van der Waals surface area contributed by atoms with Crippen LogP contribution in [0.1, 0.15) is 25.0 Å². The highest BCUT2D eigenvalue weighted by molar-refractivity contribution is 6.25. The van der Waals surface area contributed by atoms with E-state index in [1.807, 2.05) is 0 Å². The molecule has 0 aliphatic heterocycles. The van der Waals surface area contributed by atoms with E-state index in [0.717, 1.165) is 39.0 Å². The molecule has 0 fully saturated rings. The molecule has 214 valence electrons. The van der Waals surface area contributed by atoms with E-state index in [0.29, 0.717) is 0 Å². The van der Waals surface area contributed by atoms with E-state index in [9.17, 15) is 0 Å². The lowest BCUT2D eigenvalue weighted by molar-refractivity contribution is 0.660. The lowest BCUT2D eigenvalue weighted by atomic mass is 9.82. The first-order valence-corrected chi connectivity index (χ1v) is 15.6. The SMILES string of the molecule is CC1(C)c2ccccc2-c2ccc(N(c3ccccc3)c3cccc4oc5cc(-c6ccccc6)c6ccccc6c5c34)cc21. The molecular formula is C43H31NO. The van der Waals surface area contributed by atoms with Crippen LogP contribution in [-0.4, -0.2) is 0 Å². The van der Waals surface area contributed by atoms with Crippen molar-refractivity contribution < 1.29 is 4.42 Å². The summed E-state index contributed by atoms with van der Waals surface area (Å²) < 4.78 is 6.71. The maximum absolute atomic E-state index is 6.71. The molecule has 0 bridgehead atoms. The van der Waals surface area contributed by atoms with E-state index in [1.165, 1.54) is 44.2 Å². The zero-order valence-corrected chi connectivity index (χ0v) is 25.3. The molecule has 0 saturated carbocycles. The smallest absolute Gasteiger partial charge is 0.137 e. The van der Waals surface area contributed by atoms with Crippen LogP contribution in [0.4, 0.5) is 17.1 Å².